The second-order valence-corrected chi connectivity index (χ2v) is 5.39. The lowest BCUT2D eigenvalue weighted by atomic mass is 10.1. The number of aromatic amines is 1. The highest BCUT2D eigenvalue weighted by Crippen LogP contribution is 2.24. The van der Waals surface area contributed by atoms with E-state index in [2.05, 4.69) is 20.1 Å². The third-order valence-corrected chi connectivity index (χ3v) is 3.75. The first kappa shape index (κ1) is 13.4. The van der Waals surface area contributed by atoms with Crippen LogP contribution in [-0.2, 0) is 0 Å². The van der Waals surface area contributed by atoms with Gasteiger partial charge in [0.15, 0.2) is 5.65 Å². The summed E-state index contributed by atoms with van der Waals surface area (Å²) >= 11 is 0. The lowest BCUT2D eigenvalue weighted by molar-refractivity contribution is 0.0698. The van der Waals surface area contributed by atoms with Crippen LogP contribution in [0.1, 0.15) is 21.7 Å². The summed E-state index contributed by atoms with van der Waals surface area (Å²) in [5, 5.41) is 14.4. The number of H-pyrrole nitrogens is 1. The van der Waals surface area contributed by atoms with E-state index in [4.69, 9.17) is 0 Å². The zero-order chi connectivity index (χ0) is 16.1. The van der Waals surface area contributed by atoms with Crippen LogP contribution in [0.4, 0.5) is 0 Å². The number of hydrogen-bond donors (Lipinski definition) is 2. The number of aromatic nitrogens is 5. The van der Waals surface area contributed by atoms with Crippen LogP contribution in [0.3, 0.4) is 0 Å². The van der Waals surface area contributed by atoms with Crippen LogP contribution in [0.5, 0.6) is 0 Å². The number of nitrogens with one attached hydrogen (secondary N) is 1. The molecule has 3 aromatic heterocycles. The maximum Gasteiger partial charge on any atom is 0.336 e. The minimum absolute atomic E-state index is 0.201. The topological polar surface area (TPSA) is 96.7 Å². The van der Waals surface area contributed by atoms with Crippen LogP contribution in [0.15, 0.2) is 30.3 Å². The van der Waals surface area contributed by atoms with Gasteiger partial charge in [-0.15, -0.1) is 0 Å². The molecule has 4 rings (SSSR count). The third kappa shape index (κ3) is 1.97. The average Bonchev–Trinajstić information content (AvgIpc) is 3.07. The summed E-state index contributed by atoms with van der Waals surface area (Å²) in [7, 11) is 0. The van der Waals surface area contributed by atoms with E-state index in [9.17, 15) is 9.90 Å². The van der Waals surface area contributed by atoms with E-state index in [0.29, 0.717) is 28.4 Å². The molecule has 7 heteroatoms. The largest absolute Gasteiger partial charge is 0.478 e. The molecule has 2 N–H and O–H groups in total. The molecule has 0 saturated carbocycles. The molecule has 0 aliphatic rings. The number of aryl methyl sites for hydroxylation is 2. The van der Waals surface area contributed by atoms with Gasteiger partial charge in [-0.2, -0.15) is 9.78 Å². The van der Waals surface area contributed by atoms with Crippen molar-refractivity contribution in [2.75, 3.05) is 0 Å². The Morgan fingerprint density at radius 3 is 2.74 bits per heavy atom. The van der Waals surface area contributed by atoms with Gasteiger partial charge in [0.1, 0.15) is 0 Å². The van der Waals surface area contributed by atoms with E-state index in [1.807, 2.05) is 24.3 Å². The van der Waals surface area contributed by atoms with Crippen molar-refractivity contribution in [1.82, 2.24) is 24.7 Å². The quantitative estimate of drug-likeness (QED) is 0.593. The molecule has 0 radical (unpaired) electrons. The van der Waals surface area contributed by atoms with E-state index < -0.39 is 5.97 Å². The first-order valence-corrected chi connectivity index (χ1v) is 7.10. The summed E-state index contributed by atoms with van der Waals surface area (Å²) in [5.74, 6) is -0.480. The summed E-state index contributed by atoms with van der Waals surface area (Å²) in [4.78, 5) is 23.7. The molecular weight excluding hydrogens is 294 g/mol. The summed E-state index contributed by atoms with van der Waals surface area (Å²) in [6, 6.07) is 9.20. The monoisotopic (exact) mass is 307 g/mol. The zero-order valence-electron chi connectivity index (χ0n) is 12.5. The second kappa shape index (κ2) is 4.64. The molecule has 1 aromatic carbocycles. The molecule has 0 spiro atoms. The molecule has 23 heavy (non-hydrogen) atoms. The number of nitrogens with zero attached hydrogens (tertiary/aromatic N) is 4. The Bertz CT molecular complexity index is 1040. The number of carboxylic acids is 1. The number of fused-ring (bicyclic) bond motifs is 2. The molecule has 0 aliphatic heterocycles. The summed E-state index contributed by atoms with van der Waals surface area (Å²) in [5.41, 5.74) is 3.61. The number of imidazole rings is 1. The van der Waals surface area contributed by atoms with Crippen molar-refractivity contribution in [1.29, 1.82) is 0 Å². The van der Waals surface area contributed by atoms with Crippen molar-refractivity contribution < 1.29 is 9.90 Å². The van der Waals surface area contributed by atoms with Gasteiger partial charge < -0.3 is 10.1 Å². The van der Waals surface area contributed by atoms with Crippen molar-refractivity contribution >= 4 is 28.0 Å². The highest BCUT2D eigenvalue weighted by Gasteiger charge is 2.20. The molecular formula is C16H13N5O2. The maximum absolute atomic E-state index is 11.5. The number of carbonyl (C=O) groups is 1. The molecule has 0 bridgehead atoms. The number of benzene rings is 1. The van der Waals surface area contributed by atoms with Gasteiger partial charge in [-0.25, -0.2) is 14.8 Å². The first-order valence-electron chi connectivity index (χ1n) is 7.10. The number of aromatic carboxylic acids is 1. The molecule has 0 amide bonds. The lowest BCUT2D eigenvalue weighted by Crippen LogP contribution is -2.03. The number of hydrogen-bond acceptors (Lipinski definition) is 4. The number of pyridine rings is 1. The van der Waals surface area contributed by atoms with E-state index in [1.165, 1.54) is 0 Å². The van der Waals surface area contributed by atoms with Gasteiger partial charge in [0.25, 0.3) is 0 Å². The van der Waals surface area contributed by atoms with Crippen LogP contribution in [0.2, 0.25) is 0 Å². The van der Waals surface area contributed by atoms with Crippen molar-refractivity contribution in [2.45, 2.75) is 13.8 Å². The van der Waals surface area contributed by atoms with Crippen LogP contribution < -0.4 is 0 Å². The smallest absolute Gasteiger partial charge is 0.336 e. The highest BCUT2D eigenvalue weighted by molar-refractivity contribution is 6.03. The number of rotatable bonds is 2. The SMILES string of the molecule is Cc1cc(C(=O)O)c2c(C)nn(-c3nc4ccccc4[nH]3)c2n1. The van der Waals surface area contributed by atoms with Crippen molar-refractivity contribution in [3.63, 3.8) is 0 Å². The molecule has 3 heterocycles. The fraction of sp³-hybridized carbons (Fsp3) is 0.125. The van der Waals surface area contributed by atoms with Gasteiger partial charge in [0, 0.05) is 5.69 Å². The van der Waals surface area contributed by atoms with Gasteiger partial charge in [-0.1, -0.05) is 12.1 Å². The lowest BCUT2D eigenvalue weighted by Gasteiger charge is -2.02. The van der Waals surface area contributed by atoms with Crippen LogP contribution >= 0.6 is 0 Å². The summed E-state index contributed by atoms with van der Waals surface area (Å²) in [6.45, 7) is 3.53. The average molecular weight is 307 g/mol. The third-order valence-electron chi connectivity index (χ3n) is 3.75. The zero-order valence-corrected chi connectivity index (χ0v) is 12.5. The Morgan fingerprint density at radius 1 is 1.22 bits per heavy atom. The normalized spacial score (nSPS) is 11.4. The molecule has 0 atom stereocenters. The van der Waals surface area contributed by atoms with Crippen LogP contribution in [-0.4, -0.2) is 35.8 Å². The minimum Gasteiger partial charge on any atom is -0.478 e. The standard InChI is InChI=1S/C16H13N5O2/c1-8-7-10(15(22)23)13-9(2)20-21(14(13)17-8)16-18-11-5-3-4-6-12(11)19-16/h3-7H,1-2H3,(H,18,19)(H,22,23). The van der Waals surface area contributed by atoms with Gasteiger partial charge in [0.05, 0.1) is 27.7 Å². The predicted molar refractivity (Wildman–Crippen MR) is 85.0 cm³/mol. The molecule has 0 aliphatic carbocycles. The fourth-order valence-corrected chi connectivity index (χ4v) is 2.77. The highest BCUT2D eigenvalue weighted by atomic mass is 16.4. The van der Waals surface area contributed by atoms with E-state index in [-0.39, 0.29) is 5.56 Å². The van der Waals surface area contributed by atoms with Gasteiger partial charge in [-0.3, -0.25) is 0 Å². The molecule has 0 saturated heterocycles. The molecule has 0 fully saturated rings. The van der Waals surface area contributed by atoms with Gasteiger partial charge in [0.2, 0.25) is 5.95 Å². The number of para-hydroxylation sites is 2. The van der Waals surface area contributed by atoms with Crippen molar-refractivity contribution in [3.8, 4) is 5.95 Å². The predicted octanol–water partition coefficient (Wildman–Crippen LogP) is 2.61. The van der Waals surface area contributed by atoms with Gasteiger partial charge in [-0.05, 0) is 32.0 Å². The van der Waals surface area contributed by atoms with Gasteiger partial charge >= 0.3 is 5.97 Å². The Kier molecular flexibility index (Phi) is 2.71. The minimum atomic E-state index is -0.993. The van der Waals surface area contributed by atoms with Crippen molar-refractivity contribution in [2.24, 2.45) is 0 Å². The molecule has 4 aromatic rings. The maximum atomic E-state index is 11.5. The first-order chi connectivity index (χ1) is 11.0. The van der Waals surface area contributed by atoms with E-state index in [0.717, 1.165) is 11.0 Å². The molecule has 7 nitrogen and oxygen atoms in total. The fourth-order valence-electron chi connectivity index (χ4n) is 2.77. The van der Waals surface area contributed by atoms with Crippen LogP contribution in [0, 0.1) is 13.8 Å². The summed E-state index contributed by atoms with van der Waals surface area (Å²) in [6.07, 6.45) is 0. The van der Waals surface area contributed by atoms with Crippen LogP contribution in [0.25, 0.3) is 28.0 Å². The Labute approximate surface area is 130 Å². The van der Waals surface area contributed by atoms with E-state index >= 15 is 0 Å². The Hall–Kier alpha value is -3.22. The molecule has 0 unspecified atom stereocenters. The second-order valence-electron chi connectivity index (χ2n) is 5.39. The van der Waals surface area contributed by atoms with E-state index in [1.54, 1.807) is 24.6 Å². The molecule has 114 valence electrons. The summed E-state index contributed by atoms with van der Waals surface area (Å²) < 4.78 is 1.56. The number of carboxylic acid groups (broad SMARTS) is 1. The Morgan fingerprint density at radius 2 is 2.00 bits per heavy atom. The van der Waals surface area contributed by atoms with Crippen molar-refractivity contribution in [3.05, 3.63) is 47.3 Å². The Balaban J connectivity index is 2.06.